The fourth-order valence-electron chi connectivity index (χ4n) is 3.37. The molecule has 140 valence electrons. The van der Waals surface area contributed by atoms with Crippen LogP contribution < -0.4 is 5.32 Å². The van der Waals surface area contributed by atoms with Gasteiger partial charge in [-0.05, 0) is 48.7 Å². The largest absolute Gasteiger partial charge is 0.351 e. The quantitative estimate of drug-likeness (QED) is 0.571. The molecule has 4 rings (SSSR count). The summed E-state index contributed by atoms with van der Waals surface area (Å²) in [7, 11) is 0. The van der Waals surface area contributed by atoms with Crippen molar-refractivity contribution in [3.05, 3.63) is 89.9 Å². The molecule has 0 bridgehead atoms. The highest BCUT2D eigenvalue weighted by Gasteiger charge is 2.13. The summed E-state index contributed by atoms with van der Waals surface area (Å²) in [6.07, 6.45) is 1.75. The second-order valence-electron chi connectivity index (χ2n) is 6.91. The molecule has 0 aliphatic carbocycles. The van der Waals surface area contributed by atoms with Crippen LogP contribution in [0.25, 0.3) is 16.9 Å². The first-order valence-corrected chi connectivity index (χ1v) is 9.37. The Morgan fingerprint density at radius 3 is 2.71 bits per heavy atom. The van der Waals surface area contributed by atoms with Gasteiger partial charge in [0.2, 0.25) is 0 Å². The Morgan fingerprint density at radius 2 is 1.89 bits per heavy atom. The number of pyridine rings is 1. The smallest absolute Gasteiger partial charge is 0.251 e. The van der Waals surface area contributed by atoms with E-state index in [1.54, 1.807) is 6.20 Å². The van der Waals surface area contributed by atoms with E-state index in [9.17, 15) is 4.79 Å². The van der Waals surface area contributed by atoms with Crippen LogP contribution in [0.4, 0.5) is 0 Å². The molecule has 0 saturated carbocycles. The molecule has 2 aromatic carbocycles. The van der Waals surface area contributed by atoms with Crippen LogP contribution in [0.1, 0.15) is 34.6 Å². The fraction of sp³-hybridized carbons (Fsp3) is 0.174. The van der Waals surface area contributed by atoms with Gasteiger partial charge in [0.25, 0.3) is 5.91 Å². The number of aromatic nitrogens is 3. The van der Waals surface area contributed by atoms with E-state index in [0.29, 0.717) is 12.1 Å². The van der Waals surface area contributed by atoms with Gasteiger partial charge in [0.15, 0.2) is 5.65 Å². The molecule has 0 aliphatic rings. The number of carbonyl (C=O) groups is 1. The van der Waals surface area contributed by atoms with Crippen LogP contribution in [-0.4, -0.2) is 27.0 Å². The number of carbonyl (C=O) groups excluding carboxylic acids is 1. The van der Waals surface area contributed by atoms with Gasteiger partial charge in [0.1, 0.15) is 11.3 Å². The maximum atomic E-state index is 12.7. The zero-order chi connectivity index (χ0) is 19.5. The van der Waals surface area contributed by atoms with Crippen molar-refractivity contribution in [1.82, 2.24) is 19.9 Å². The Bertz CT molecular complexity index is 1120. The summed E-state index contributed by atoms with van der Waals surface area (Å²) in [4.78, 5) is 21.7. The van der Waals surface area contributed by atoms with Crippen LogP contribution in [0, 0.1) is 6.92 Å². The molecule has 0 radical (unpaired) electrons. The van der Waals surface area contributed by atoms with Crippen molar-refractivity contribution in [1.29, 1.82) is 0 Å². The Labute approximate surface area is 164 Å². The normalized spacial score (nSPS) is 12.1. The summed E-state index contributed by atoms with van der Waals surface area (Å²) in [6.45, 7) is 4.64. The van der Waals surface area contributed by atoms with Crippen molar-refractivity contribution in [3.8, 4) is 5.69 Å². The van der Waals surface area contributed by atoms with E-state index in [2.05, 4.69) is 34.3 Å². The number of amides is 1. The number of hydrogen-bond acceptors (Lipinski definition) is 3. The number of aryl methyl sites for hydroxylation is 1. The van der Waals surface area contributed by atoms with Gasteiger partial charge in [-0.25, -0.2) is 9.97 Å². The highest BCUT2D eigenvalue weighted by molar-refractivity contribution is 5.94. The zero-order valence-electron chi connectivity index (χ0n) is 16.0. The topological polar surface area (TPSA) is 59.8 Å². The van der Waals surface area contributed by atoms with Crippen LogP contribution in [0.3, 0.4) is 0 Å². The van der Waals surface area contributed by atoms with Gasteiger partial charge in [0, 0.05) is 24.0 Å². The minimum Gasteiger partial charge on any atom is -0.351 e. The molecule has 0 unspecified atom stereocenters. The lowest BCUT2D eigenvalue weighted by molar-refractivity contribution is 0.0951. The Balaban J connectivity index is 1.55. The van der Waals surface area contributed by atoms with Gasteiger partial charge in [-0.15, -0.1) is 0 Å². The van der Waals surface area contributed by atoms with Crippen LogP contribution in [0.5, 0.6) is 0 Å². The molecule has 2 aromatic heterocycles. The fourth-order valence-corrected chi connectivity index (χ4v) is 3.37. The molecule has 1 amide bonds. The van der Waals surface area contributed by atoms with E-state index in [-0.39, 0.29) is 11.8 Å². The maximum absolute atomic E-state index is 12.7. The molecule has 0 spiro atoms. The second kappa shape index (κ2) is 7.64. The molecule has 5 nitrogen and oxygen atoms in total. The second-order valence-corrected chi connectivity index (χ2v) is 6.91. The monoisotopic (exact) mass is 370 g/mol. The first-order valence-electron chi connectivity index (χ1n) is 9.37. The molecule has 0 fully saturated rings. The third-order valence-corrected chi connectivity index (χ3v) is 4.89. The molecule has 5 heteroatoms. The Morgan fingerprint density at radius 1 is 1.07 bits per heavy atom. The first-order chi connectivity index (χ1) is 13.6. The number of hydrogen-bond donors (Lipinski definition) is 1. The van der Waals surface area contributed by atoms with Gasteiger partial charge in [-0.2, -0.15) is 0 Å². The van der Waals surface area contributed by atoms with E-state index >= 15 is 0 Å². The third kappa shape index (κ3) is 3.51. The van der Waals surface area contributed by atoms with Crippen molar-refractivity contribution in [2.45, 2.75) is 19.8 Å². The average molecular weight is 370 g/mol. The summed E-state index contributed by atoms with van der Waals surface area (Å²) in [5.41, 5.74) is 4.34. The van der Waals surface area contributed by atoms with Crippen LogP contribution in [-0.2, 0) is 0 Å². The number of fused-ring (bicyclic) bond motifs is 1. The molecule has 28 heavy (non-hydrogen) atoms. The first kappa shape index (κ1) is 17.9. The van der Waals surface area contributed by atoms with Crippen molar-refractivity contribution in [2.75, 3.05) is 6.54 Å². The van der Waals surface area contributed by atoms with Crippen LogP contribution in [0.2, 0.25) is 0 Å². The summed E-state index contributed by atoms with van der Waals surface area (Å²) in [5.74, 6) is 1.00. The van der Waals surface area contributed by atoms with E-state index in [1.165, 1.54) is 5.56 Å². The molecular formula is C23H22N4O. The Hall–Kier alpha value is -3.47. The van der Waals surface area contributed by atoms with Crippen LogP contribution >= 0.6 is 0 Å². The van der Waals surface area contributed by atoms with Gasteiger partial charge < -0.3 is 5.32 Å². The van der Waals surface area contributed by atoms with Gasteiger partial charge in [0.05, 0.1) is 0 Å². The highest BCUT2D eigenvalue weighted by atomic mass is 16.1. The molecule has 4 aromatic rings. The Kier molecular flexibility index (Phi) is 4.89. The molecule has 1 N–H and O–H groups in total. The van der Waals surface area contributed by atoms with E-state index in [4.69, 9.17) is 0 Å². The van der Waals surface area contributed by atoms with E-state index < -0.39 is 0 Å². The van der Waals surface area contributed by atoms with Crippen LogP contribution in [0.15, 0.2) is 72.9 Å². The summed E-state index contributed by atoms with van der Waals surface area (Å²) < 4.78 is 1.97. The van der Waals surface area contributed by atoms with Gasteiger partial charge in [-0.1, -0.05) is 43.3 Å². The molecule has 2 heterocycles. The SMILES string of the molecule is Cc1nc2cccnc2n1-c1cccc(C(=O)NC[C@@H](C)c2ccccc2)c1. The predicted molar refractivity (Wildman–Crippen MR) is 111 cm³/mol. The average Bonchev–Trinajstić information content (AvgIpc) is 3.08. The lowest BCUT2D eigenvalue weighted by Crippen LogP contribution is -2.27. The summed E-state index contributed by atoms with van der Waals surface area (Å²) >= 11 is 0. The number of nitrogens with zero attached hydrogens (tertiary/aromatic N) is 3. The van der Waals surface area contributed by atoms with Crippen molar-refractivity contribution in [3.63, 3.8) is 0 Å². The molecule has 0 saturated heterocycles. The number of rotatable bonds is 5. The zero-order valence-corrected chi connectivity index (χ0v) is 16.0. The van der Waals surface area contributed by atoms with Crippen molar-refractivity contribution >= 4 is 17.1 Å². The lowest BCUT2D eigenvalue weighted by atomic mass is 10.0. The van der Waals surface area contributed by atoms with Crippen molar-refractivity contribution in [2.24, 2.45) is 0 Å². The van der Waals surface area contributed by atoms with E-state index in [0.717, 1.165) is 22.7 Å². The molecular weight excluding hydrogens is 348 g/mol. The minimum absolute atomic E-state index is 0.0836. The maximum Gasteiger partial charge on any atom is 0.251 e. The third-order valence-electron chi connectivity index (χ3n) is 4.89. The predicted octanol–water partition coefficient (Wildman–Crippen LogP) is 4.26. The van der Waals surface area contributed by atoms with Crippen molar-refractivity contribution < 1.29 is 4.79 Å². The van der Waals surface area contributed by atoms with Gasteiger partial charge in [-0.3, -0.25) is 9.36 Å². The number of benzene rings is 2. The standard InChI is InChI=1S/C23H22N4O/c1-16(18-8-4-3-5-9-18)15-25-23(28)19-10-6-11-20(14-19)27-17(2)26-21-12-7-13-24-22(21)27/h3-14,16H,15H2,1-2H3,(H,25,28)/t16-/m1/s1. The highest BCUT2D eigenvalue weighted by Crippen LogP contribution is 2.20. The molecule has 0 aliphatic heterocycles. The van der Waals surface area contributed by atoms with Gasteiger partial charge >= 0.3 is 0 Å². The lowest BCUT2D eigenvalue weighted by Gasteiger charge is -2.14. The van der Waals surface area contributed by atoms with E-state index in [1.807, 2.05) is 66.1 Å². The minimum atomic E-state index is -0.0836. The summed E-state index contributed by atoms with van der Waals surface area (Å²) in [6, 6.07) is 21.6. The number of nitrogens with one attached hydrogen (secondary N) is 1. The molecule has 1 atom stereocenters. The number of imidazole rings is 1. The summed E-state index contributed by atoms with van der Waals surface area (Å²) in [5, 5.41) is 3.04.